The van der Waals surface area contributed by atoms with Crippen LogP contribution < -0.4 is 0 Å². The lowest BCUT2D eigenvalue weighted by Crippen LogP contribution is -2.32. The fourth-order valence-electron chi connectivity index (χ4n) is 2.44. The molecule has 1 aliphatic rings. The Hall–Kier alpha value is -1.15. The van der Waals surface area contributed by atoms with Crippen LogP contribution in [0.15, 0.2) is 24.3 Å². The molecular weight excluding hydrogens is 234 g/mol. The molecule has 2 heteroatoms. The number of carbonyl (C=O) groups is 1. The third-order valence-electron chi connectivity index (χ3n) is 3.80. The summed E-state index contributed by atoms with van der Waals surface area (Å²) < 4.78 is 0. The van der Waals surface area contributed by atoms with Crippen LogP contribution in [0.1, 0.15) is 49.0 Å². The molecule has 0 spiro atoms. The highest BCUT2D eigenvalue weighted by atomic mass is 16.1. The summed E-state index contributed by atoms with van der Waals surface area (Å²) in [5, 5.41) is 0. The van der Waals surface area contributed by atoms with Crippen LogP contribution in [0.5, 0.6) is 0 Å². The number of aryl methyl sites for hydroxylation is 1. The Morgan fingerprint density at radius 1 is 1.21 bits per heavy atom. The Labute approximate surface area is 116 Å². The first-order valence-corrected chi connectivity index (χ1v) is 7.57. The van der Waals surface area contributed by atoms with Gasteiger partial charge in [0.2, 0.25) is 0 Å². The molecule has 0 saturated heterocycles. The number of nitrogens with zero attached hydrogens (tertiary/aromatic N) is 1. The minimum atomic E-state index is 0.261. The maximum absolute atomic E-state index is 12.3. The van der Waals surface area contributed by atoms with Gasteiger partial charge >= 0.3 is 0 Å². The zero-order valence-electron chi connectivity index (χ0n) is 12.2. The minimum absolute atomic E-state index is 0.261. The van der Waals surface area contributed by atoms with Crippen molar-refractivity contribution >= 4 is 5.78 Å². The first-order valence-electron chi connectivity index (χ1n) is 7.57. The van der Waals surface area contributed by atoms with Gasteiger partial charge in [-0.1, -0.05) is 38.1 Å². The third-order valence-corrected chi connectivity index (χ3v) is 3.80. The third kappa shape index (κ3) is 4.46. The van der Waals surface area contributed by atoms with E-state index in [4.69, 9.17) is 0 Å². The molecule has 2 nitrogen and oxygen atoms in total. The van der Waals surface area contributed by atoms with Crippen LogP contribution >= 0.6 is 0 Å². The number of hydrogen-bond donors (Lipinski definition) is 0. The quantitative estimate of drug-likeness (QED) is 0.665. The summed E-state index contributed by atoms with van der Waals surface area (Å²) in [6.07, 6.45) is 4.84. The van der Waals surface area contributed by atoms with Gasteiger partial charge in [0.25, 0.3) is 0 Å². The van der Waals surface area contributed by atoms with Gasteiger partial charge in [0, 0.05) is 12.1 Å². The van der Waals surface area contributed by atoms with E-state index in [9.17, 15) is 4.79 Å². The normalized spacial score (nSPS) is 14.9. The second-order valence-corrected chi connectivity index (χ2v) is 5.65. The van der Waals surface area contributed by atoms with Crippen molar-refractivity contribution in [2.45, 2.75) is 39.5 Å². The highest BCUT2D eigenvalue weighted by molar-refractivity contribution is 5.97. The average molecular weight is 259 g/mol. The van der Waals surface area contributed by atoms with Crippen molar-refractivity contribution in [2.24, 2.45) is 5.92 Å². The van der Waals surface area contributed by atoms with E-state index in [1.54, 1.807) is 0 Å². The summed E-state index contributed by atoms with van der Waals surface area (Å²) >= 11 is 0. The summed E-state index contributed by atoms with van der Waals surface area (Å²) in [6, 6.07) is 8.08. The van der Waals surface area contributed by atoms with Crippen molar-refractivity contribution in [1.29, 1.82) is 0 Å². The molecule has 0 radical (unpaired) electrons. The van der Waals surface area contributed by atoms with E-state index in [-0.39, 0.29) is 5.78 Å². The lowest BCUT2D eigenvalue weighted by Gasteiger charge is -2.20. The molecule has 0 atom stereocenters. The Morgan fingerprint density at radius 2 is 1.89 bits per heavy atom. The van der Waals surface area contributed by atoms with Crippen LogP contribution in [0.2, 0.25) is 0 Å². The van der Waals surface area contributed by atoms with Crippen molar-refractivity contribution in [1.82, 2.24) is 4.90 Å². The van der Waals surface area contributed by atoms with E-state index in [2.05, 4.69) is 30.9 Å². The second kappa shape index (κ2) is 6.85. The van der Waals surface area contributed by atoms with Gasteiger partial charge in [-0.05, 0) is 43.7 Å². The van der Waals surface area contributed by atoms with Gasteiger partial charge < -0.3 is 0 Å². The molecule has 1 fully saturated rings. The first kappa shape index (κ1) is 14.3. The molecular formula is C17H25NO. The number of hydrogen-bond acceptors (Lipinski definition) is 2. The molecule has 0 unspecified atom stereocenters. The van der Waals surface area contributed by atoms with Gasteiger partial charge in [0.1, 0.15) is 0 Å². The molecule has 104 valence electrons. The van der Waals surface area contributed by atoms with E-state index in [0.717, 1.165) is 37.4 Å². The maximum Gasteiger partial charge on any atom is 0.176 e. The lowest BCUT2D eigenvalue weighted by atomic mass is 10.1. The molecule has 1 aromatic rings. The van der Waals surface area contributed by atoms with Gasteiger partial charge in [-0.25, -0.2) is 0 Å². The molecule has 1 aromatic carbocycles. The minimum Gasteiger partial charge on any atom is -0.296 e. The molecule has 0 amide bonds. The van der Waals surface area contributed by atoms with Crippen molar-refractivity contribution in [2.75, 3.05) is 19.6 Å². The fraction of sp³-hybridized carbons (Fsp3) is 0.588. The average Bonchev–Trinajstić information content (AvgIpc) is 3.23. The zero-order chi connectivity index (χ0) is 13.7. The number of carbonyl (C=O) groups excluding carboxylic acids is 1. The SMILES string of the molecule is CCCN(CC(=O)c1ccc(CC)cc1)CC1CC1. The summed E-state index contributed by atoms with van der Waals surface area (Å²) in [5.74, 6) is 1.11. The predicted molar refractivity (Wildman–Crippen MR) is 79.6 cm³/mol. The van der Waals surface area contributed by atoms with Gasteiger partial charge in [0.15, 0.2) is 5.78 Å². The molecule has 1 aliphatic carbocycles. The van der Waals surface area contributed by atoms with Crippen LogP contribution in [-0.4, -0.2) is 30.3 Å². The zero-order valence-corrected chi connectivity index (χ0v) is 12.2. The van der Waals surface area contributed by atoms with Gasteiger partial charge in [-0.3, -0.25) is 9.69 Å². The largest absolute Gasteiger partial charge is 0.296 e. The number of Topliss-reactive ketones (excluding diaryl/α,β-unsaturated/α-hetero) is 1. The highest BCUT2D eigenvalue weighted by Crippen LogP contribution is 2.29. The molecule has 0 heterocycles. The van der Waals surface area contributed by atoms with Crippen molar-refractivity contribution in [3.8, 4) is 0 Å². The van der Waals surface area contributed by atoms with E-state index >= 15 is 0 Å². The molecule has 2 rings (SSSR count). The van der Waals surface area contributed by atoms with Gasteiger partial charge in [0.05, 0.1) is 6.54 Å². The molecule has 19 heavy (non-hydrogen) atoms. The summed E-state index contributed by atoms with van der Waals surface area (Å²) in [4.78, 5) is 14.6. The second-order valence-electron chi connectivity index (χ2n) is 5.65. The van der Waals surface area contributed by atoms with Crippen LogP contribution in [0.4, 0.5) is 0 Å². The number of benzene rings is 1. The van der Waals surface area contributed by atoms with Crippen LogP contribution in [0.25, 0.3) is 0 Å². The Balaban J connectivity index is 1.92. The first-order chi connectivity index (χ1) is 9.22. The van der Waals surface area contributed by atoms with Crippen LogP contribution in [0, 0.1) is 5.92 Å². The molecule has 0 bridgehead atoms. The van der Waals surface area contributed by atoms with Gasteiger partial charge in [-0.2, -0.15) is 0 Å². The Morgan fingerprint density at radius 3 is 2.42 bits per heavy atom. The Bertz CT molecular complexity index is 406. The topological polar surface area (TPSA) is 20.3 Å². The fourth-order valence-corrected chi connectivity index (χ4v) is 2.44. The highest BCUT2D eigenvalue weighted by Gasteiger charge is 2.25. The molecule has 0 N–H and O–H groups in total. The summed E-state index contributed by atoms with van der Waals surface area (Å²) in [6.45, 7) is 7.04. The van der Waals surface area contributed by atoms with E-state index < -0.39 is 0 Å². The number of rotatable bonds is 8. The Kier molecular flexibility index (Phi) is 5.15. The smallest absolute Gasteiger partial charge is 0.176 e. The van der Waals surface area contributed by atoms with Crippen molar-refractivity contribution in [3.05, 3.63) is 35.4 Å². The summed E-state index contributed by atoms with van der Waals surface area (Å²) in [7, 11) is 0. The van der Waals surface area contributed by atoms with Crippen molar-refractivity contribution < 1.29 is 4.79 Å². The molecule has 1 saturated carbocycles. The standard InChI is InChI=1S/C17H25NO/c1-3-11-18(12-15-5-6-15)13-17(19)16-9-7-14(4-2)8-10-16/h7-10,15H,3-6,11-13H2,1-2H3. The lowest BCUT2D eigenvalue weighted by molar-refractivity contribution is 0.0927. The molecule has 0 aromatic heterocycles. The van der Waals surface area contributed by atoms with Crippen LogP contribution in [-0.2, 0) is 6.42 Å². The van der Waals surface area contributed by atoms with Crippen LogP contribution in [0.3, 0.4) is 0 Å². The van der Waals surface area contributed by atoms with E-state index in [1.165, 1.54) is 18.4 Å². The maximum atomic E-state index is 12.3. The monoisotopic (exact) mass is 259 g/mol. The van der Waals surface area contributed by atoms with E-state index in [1.807, 2.05) is 12.1 Å². The summed E-state index contributed by atoms with van der Waals surface area (Å²) in [5.41, 5.74) is 2.15. The predicted octanol–water partition coefficient (Wildman–Crippen LogP) is 3.55. The van der Waals surface area contributed by atoms with E-state index in [0.29, 0.717) is 6.54 Å². The van der Waals surface area contributed by atoms with Gasteiger partial charge in [-0.15, -0.1) is 0 Å². The molecule has 0 aliphatic heterocycles. The number of ketones is 1. The van der Waals surface area contributed by atoms with Crippen molar-refractivity contribution in [3.63, 3.8) is 0 Å².